The Bertz CT molecular complexity index is 829. The number of amides is 1. The van der Waals surface area contributed by atoms with Gasteiger partial charge < -0.3 is 10.4 Å². The van der Waals surface area contributed by atoms with Gasteiger partial charge in [-0.05, 0) is 64.6 Å². The Morgan fingerprint density at radius 3 is 2.34 bits per heavy atom. The minimum absolute atomic E-state index is 0.0251. The highest BCUT2D eigenvalue weighted by molar-refractivity contribution is 5.75. The standard InChI is InChI=1S/C25H38N4O3/c1-26-22(30)11-10-21-18-23(28(29(21)32)19-24(31)12-7-13-24)14-16-25(17-15-23,27(2)3)20-8-5-4-6-9-20/h4-6,8-9,21,31H,7,10-19H2,1-3H3/p+1/t21-,23?,25?/m1/s1. The van der Waals surface area contributed by atoms with E-state index in [4.69, 9.17) is 0 Å². The molecule has 0 radical (unpaired) electrons. The van der Waals surface area contributed by atoms with Crippen LogP contribution in [0.4, 0.5) is 0 Å². The van der Waals surface area contributed by atoms with Gasteiger partial charge >= 0.3 is 0 Å². The fraction of sp³-hybridized carbons (Fsp3) is 0.720. The largest absolute Gasteiger partial charge is 0.388 e. The van der Waals surface area contributed by atoms with E-state index in [0.717, 1.165) is 56.2 Å². The summed E-state index contributed by atoms with van der Waals surface area (Å²) < 4.78 is 0. The summed E-state index contributed by atoms with van der Waals surface area (Å²) in [4.78, 5) is 28.8. The number of nitrogens with zero attached hydrogens (tertiary/aromatic N) is 3. The highest BCUT2D eigenvalue weighted by Gasteiger charge is 2.62. The molecule has 1 heterocycles. The normalized spacial score (nSPS) is 31.7. The molecule has 2 saturated carbocycles. The molecular weight excluding hydrogens is 404 g/mol. The Morgan fingerprint density at radius 1 is 1.16 bits per heavy atom. The summed E-state index contributed by atoms with van der Waals surface area (Å²) in [7, 11) is 5.94. The summed E-state index contributed by atoms with van der Waals surface area (Å²) in [6.07, 6.45) is 7.98. The lowest BCUT2D eigenvalue weighted by Crippen LogP contribution is -2.59. The molecule has 2 aliphatic carbocycles. The zero-order valence-corrected chi connectivity index (χ0v) is 19.8. The van der Waals surface area contributed by atoms with Crippen LogP contribution in [0.5, 0.6) is 0 Å². The molecule has 0 bridgehead atoms. The van der Waals surface area contributed by atoms with Gasteiger partial charge in [-0.15, -0.1) is 5.01 Å². The van der Waals surface area contributed by atoms with Crippen molar-refractivity contribution in [3.8, 4) is 0 Å². The van der Waals surface area contributed by atoms with E-state index in [1.807, 2.05) is 5.01 Å². The Hall–Kier alpha value is -1.99. The molecule has 0 aromatic heterocycles. The molecule has 7 nitrogen and oxygen atoms in total. The van der Waals surface area contributed by atoms with Crippen LogP contribution >= 0.6 is 0 Å². The summed E-state index contributed by atoms with van der Waals surface area (Å²) in [6, 6.07) is 10.5. The van der Waals surface area contributed by atoms with Gasteiger partial charge in [0.25, 0.3) is 0 Å². The first-order valence-corrected chi connectivity index (χ1v) is 12.1. The van der Waals surface area contributed by atoms with Gasteiger partial charge in [0, 0.05) is 31.8 Å². The van der Waals surface area contributed by atoms with E-state index in [1.54, 1.807) is 7.05 Å². The fourth-order valence-corrected chi connectivity index (χ4v) is 6.26. The van der Waals surface area contributed by atoms with Crippen molar-refractivity contribution >= 4 is 5.91 Å². The number of hydrogen-bond donors (Lipinski definition) is 2. The van der Waals surface area contributed by atoms with E-state index in [0.29, 0.717) is 19.4 Å². The molecule has 2 N–H and O–H groups in total. The highest BCUT2D eigenvalue weighted by atomic mass is 16.3. The van der Waals surface area contributed by atoms with E-state index < -0.39 is 5.60 Å². The number of aliphatic hydroxyl groups is 1. The van der Waals surface area contributed by atoms with Crippen molar-refractivity contribution in [3.63, 3.8) is 0 Å². The first-order chi connectivity index (χ1) is 15.2. The van der Waals surface area contributed by atoms with Crippen LogP contribution < -0.4 is 5.32 Å². The smallest absolute Gasteiger partial charge is 0.237 e. The van der Waals surface area contributed by atoms with Crippen molar-refractivity contribution in [2.75, 3.05) is 27.7 Å². The third kappa shape index (κ3) is 4.05. The van der Waals surface area contributed by atoms with E-state index in [2.05, 4.69) is 54.6 Å². The number of benzene rings is 1. The van der Waals surface area contributed by atoms with Gasteiger partial charge in [-0.3, -0.25) is 9.69 Å². The summed E-state index contributed by atoms with van der Waals surface area (Å²) in [6.45, 7) is 0.410. The van der Waals surface area contributed by atoms with Crippen molar-refractivity contribution in [1.82, 2.24) is 15.2 Å². The highest BCUT2D eigenvalue weighted by Crippen LogP contribution is 2.52. The zero-order chi connectivity index (χ0) is 23.0. The molecular formula is C25H39N4O3+. The van der Waals surface area contributed by atoms with E-state index in [1.165, 1.54) is 5.56 Å². The maximum atomic E-state index is 13.5. The molecule has 1 amide bonds. The average Bonchev–Trinajstić information content (AvgIpc) is 3.03. The monoisotopic (exact) mass is 443 g/mol. The molecule has 1 spiro atoms. The van der Waals surface area contributed by atoms with E-state index >= 15 is 0 Å². The first kappa shape index (κ1) is 23.2. The summed E-state index contributed by atoms with van der Waals surface area (Å²) in [5.41, 5.74) is 0.298. The van der Waals surface area contributed by atoms with Crippen LogP contribution in [-0.4, -0.2) is 70.7 Å². The molecule has 4 rings (SSSR count). The molecule has 1 aromatic rings. The third-order valence-corrected chi connectivity index (χ3v) is 8.60. The number of β-amino-alcohol motifs (C(OH)–C–C–N with tert-alkyl or cyclic N) is 1. The van der Waals surface area contributed by atoms with Crippen molar-refractivity contribution in [1.29, 1.82) is 0 Å². The van der Waals surface area contributed by atoms with Crippen molar-refractivity contribution in [3.05, 3.63) is 40.8 Å². The van der Waals surface area contributed by atoms with Gasteiger partial charge in [0.15, 0.2) is 0 Å². The van der Waals surface area contributed by atoms with Gasteiger partial charge in [0.05, 0.1) is 10.5 Å². The topological polar surface area (TPSA) is 75.9 Å². The van der Waals surface area contributed by atoms with Gasteiger partial charge in [-0.1, -0.05) is 30.3 Å². The number of hydrogen-bond acceptors (Lipinski definition) is 4. The molecule has 1 saturated heterocycles. The minimum Gasteiger partial charge on any atom is -0.388 e. The lowest BCUT2D eigenvalue weighted by molar-refractivity contribution is -0.725. The lowest BCUT2D eigenvalue weighted by Gasteiger charge is -2.50. The second-order valence-electron chi connectivity index (χ2n) is 10.5. The van der Waals surface area contributed by atoms with Gasteiger partial charge in [0.1, 0.15) is 17.0 Å². The fourth-order valence-electron chi connectivity index (χ4n) is 6.26. The molecule has 1 aliphatic heterocycles. The maximum Gasteiger partial charge on any atom is 0.237 e. The molecule has 3 fully saturated rings. The summed E-state index contributed by atoms with van der Waals surface area (Å²) in [5.74, 6) is -0.0251. The van der Waals surface area contributed by atoms with Gasteiger partial charge in [-0.2, -0.15) is 0 Å². The Kier molecular flexibility index (Phi) is 6.34. The van der Waals surface area contributed by atoms with Crippen LogP contribution in [0.3, 0.4) is 0 Å². The molecule has 0 unspecified atom stereocenters. The van der Waals surface area contributed by atoms with E-state index in [9.17, 15) is 14.8 Å². The number of nitroso groups, excluding NO2 is 1. The second-order valence-corrected chi connectivity index (χ2v) is 10.5. The summed E-state index contributed by atoms with van der Waals surface area (Å²) in [5, 5.41) is 15.6. The predicted molar refractivity (Wildman–Crippen MR) is 124 cm³/mol. The van der Waals surface area contributed by atoms with Gasteiger partial charge in [0.2, 0.25) is 11.9 Å². The predicted octanol–water partition coefficient (Wildman–Crippen LogP) is 2.97. The van der Waals surface area contributed by atoms with Crippen molar-refractivity contribution in [2.45, 2.75) is 86.9 Å². The zero-order valence-electron chi connectivity index (χ0n) is 19.8. The summed E-state index contributed by atoms with van der Waals surface area (Å²) >= 11 is 0. The molecule has 1 atom stereocenters. The van der Waals surface area contributed by atoms with E-state index in [-0.39, 0.29) is 23.0 Å². The number of hydrazine groups is 1. The number of nitrogens with one attached hydrogen (secondary N) is 1. The molecule has 7 heteroatoms. The quantitative estimate of drug-likeness (QED) is 0.634. The molecule has 32 heavy (non-hydrogen) atoms. The van der Waals surface area contributed by atoms with Crippen LogP contribution in [0.1, 0.15) is 69.8 Å². The van der Waals surface area contributed by atoms with Crippen LogP contribution in [0.25, 0.3) is 0 Å². The molecule has 176 valence electrons. The second kappa shape index (κ2) is 8.75. The van der Waals surface area contributed by atoms with Crippen LogP contribution in [0.2, 0.25) is 0 Å². The van der Waals surface area contributed by atoms with Crippen LogP contribution in [0, 0.1) is 4.91 Å². The number of carbonyl (C=O) groups excluding carboxylic acids is 1. The first-order valence-electron chi connectivity index (χ1n) is 12.1. The van der Waals surface area contributed by atoms with Crippen molar-refractivity contribution < 1.29 is 14.8 Å². The maximum absolute atomic E-state index is 13.5. The average molecular weight is 444 g/mol. The number of carbonyl (C=O) groups is 1. The van der Waals surface area contributed by atoms with Gasteiger partial charge in [-0.25, -0.2) is 0 Å². The van der Waals surface area contributed by atoms with Crippen LogP contribution in [0.15, 0.2) is 30.3 Å². The Morgan fingerprint density at radius 2 is 1.81 bits per heavy atom. The SMILES string of the molecule is CNC(=O)CC[C@@H]1CC2(CCC(c3ccccc3)(N(C)C)CC2)N(CC2(O)CCC2)[N+]1=O. The lowest BCUT2D eigenvalue weighted by atomic mass is 9.66. The molecule has 3 aliphatic rings. The molecule has 1 aromatic carbocycles. The van der Waals surface area contributed by atoms with Crippen LogP contribution in [-0.2, 0) is 10.3 Å². The third-order valence-electron chi connectivity index (χ3n) is 8.60. The van der Waals surface area contributed by atoms with Crippen molar-refractivity contribution in [2.24, 2.45) is 0 Å². The Balaban J connectivity index is 1.57. The number of rotatable bonds is 7. The minimum atomic E-state index is -0.749. The Labute approximate surface area is 191 Å².